The number of unbranched alkanes of at least 4 members (excludes halogenated alkanes) is 1. The van der Waals surface area contributed by atoms with Crippen molar-refractivity contribution in [2.45, 2.75) is 26.7 Å². The van der Waals surface area contributed by atoms with E-state index in [4.69, 9.17) is 5.73 Å². The van der Waals surface area contributed by atoms with Gasteiger partial charge in [0.1, 0.15) is 0 Å². The van der Waals surface area contributed by atoms with Crippen LogP contribution in [-0.2, 0) is 0 Å². The number of aromatic nitrogens is 2. The van der Waals surface area contributed by atoms with E-state index < -0.39 is 0 Å². The molecule has 1 heterocycles. The van der Waals surface area contributed by atoms with Gasteiger partial charge in [0.05, 0.1) is 11.4 Å². The van der Waals surface area contributed by atoms with Crippen molar-refractivity contribution < 1.29 is 4.79 Å². The molecule has 0 saturated carbocycles. The topological polar surface area (TPSA) is 64.2 Å². The Balaban J connectivity index is 2.19. The van der Waals surface area contributed by atoms with Crippen molar-refractivity contribution in [2.24, 2.45) is 0 Å². The maximum Gasteiger partial charge on any atom is 0.274 e. The molecule has 0 fully saturated rings. The lowest BCUT2D eigenvalue weighted by Gasteiger charge is -2.19. The number of para-hydroxylation sites is 2. The van der Waals surface area contributed by atoms with Crippen molar-refractivity contribution in [3.8, 4) is 5.69 Å². The van der Waals surface area contributed by atoms with E-state index in [9.17, 15) is 4.79 Å². The minimum atomic E-state index is -0.0285. The first-order valence-electron chi connectivity index (χ1n) is 7.37. The number of hydrogen-bond acceptors (Lipinski definition) is 3. The first-order chi connectivity index (χ1) is 10.2. The minimum absolute atomic E-state index is 0.0285. The van der Waals surface area contributed by atoms with Crippen LogP contribution in [0.2, 0.25) is 0 Å². The number of rotatable bonds is 6. The van der Waals surface area contributed by atoms with Gasteiger partial charge >= 0.3 is 0 Å². The molecule has 0 atom stereocenters. The Kier molecular flexibility index (Phi) is 4.98. The lowest BCUT2D eigenvalue weighted by atomic mass is 10.3. The van der Waals surface area contributed by atoms with Gasteiger partial charge in [0, 0.05) is 19.3 Å². The first-order valence-corrected chi connectivity index (χ1v) is 7.37. The van der Waals surface area contributed by atoms with Crippen LogP contribution in [0.3, 0.4) is 0 Å². The lowest BCUT2D eigenvalue weighted by Crippen LogP contribution is -2.32. The van der Waals surface area contributed by atoms with E-state index in [1.807, 2.05) is 36.1 Å². The van der Waals surface area contributed by atoms with Gasteiger partial charge in [0.2, 0.25) is 0 Å². The molecule has 0 saturated heterocycles. The van der Waals surface area contributed by atoms with Crippen LogP contribution >= 0.6 is 0 Å². The largest absolute Gasteiger partial charge is 0.397 e. The van der Waals surface area contributed by atoms with Crippen LogP contribution in [0, 0.1) is 0 Å². The number of nitrogens with two attached hydrogens (primary N) is 1. The van der Waals surface area contributed by atoms with Crippen molar-refractivity contribution in [1.82, 2.24) is 14.7 Å². The summed E-state index contributed by atoms with van der Waals surface area (Å²) in [7, 11) is 0. The highest BCUT2D eigenvalue weighted by atomic mass is 16.2. The van der Waals surface area contributed by atoms with E-state index in [0.29, 0.717) is 17.9 Å². The van der Waals surface area contributed by atoms with Crippen LogP contribution in [0.25, 0.3) is 5.69 Å². The summed E-state index contributed by atoms with van der Waals surface area (Å²) in [5.74, 6) is -0.0285. The molecule has 0 radical (unpaired) electrons. The van der Waals surface area contributed by atoms with Crippen LogP contribution in [-0.4, -0.2) is 33.7 Å². The number of hydrogen-bond donors (Lipinski definition) is 1. The van der Waals surface area contributed by atoms with E-state index in [1.165, 1.54) is 0 Å². The lowest BCUT2D eigenvalue weighted by molar-refractivity contribution is 0.0756. The zero-order chi connectivity index (χ0) is 15.2. The fourth-order valence-electron chi connectivity index (χ4n) is 2.18. The normalized spacial score (nSPS) is 10.6. The molecule has 5 nitrogen and oxygen atoms in total. The number of nitrogen functional groups attached to an aromatic ring is 1. The number of carbonyl (C=O) groups is 1. The van der Waals surface area contributed by atoms with Crippen LogP contribution in [0.1, 0.15) is 37.2 Å². The Morgan fingerprint density at radius 3 is 2.71 bits per heavy atom. The molecule has 0 bridgehead atoms. The summed E-state index contributed by atoms with van der Waals surface area (Å²) in [4.78, 5) is 14.3. The second-order valence-corrected chi connectivity index (χ2v) is 4.94. The van der Waals surface area contributed by atoms with Gasteiger partial charge < -0.3 is 10.6 Å². The van der Waals surface area contributed by atoms with Crippen LogP contribution in [0.5, 0.6) is 0 Å². The van der Waals surface area contributed by atoms with E-state index in [-0.39, 0.29) is 5.91 Å². The summed E-state index contributed by atoms with van der Waals surface area (Å²) in [6, 6.07) is 9.21. The van der Waals surface area contributed by atoms with Crippen molar-refractivity contribution in [2.75, 3.05) is 18.8 Å². The van der Waals surface area contributed by atoms with E-state index >= 15 is 0 Å². The van der Waals surface area contributed by atoms with Gasteiger partial charge in [-0.3, -0.25) is 4.79 Å². The standard InChI is InChI=1S/C16H22N4O/c1-3-5-11-19(4-2)16(21)14-10-12-20(18-14)15-9-7-6-8-13(15)17/h6-10,12H,3-5,11,17H2,1-2H3. The number of nitrogens with zero attached hydrogens (tertiary/aromatic N) is 3. The summed E-state index contributed by atoms with van der Waals surface area (Å²) >= 11 is 0. The molecule has 2 rings (SSSR count). The van der Waals surface area contributed by atoms with Crippen LogP contribution in [0.15, 0.2) is 36.5 Å². The van der Waals surface area contributed by atoms with E-state index in [0.717, 1.165) is 25.1 Å². The van der Waals surface area contributed by atoms with Crippen molar-refractivity contribution >= 4 is 11.6 Å². The Morgan fingerprint density at radius 1 is 1.29 bits per heavy atom. The van der Waals surface area contributed by atoms with Gasteiger partial charge in [-0.1, -0.05) is 25.5 Å². The fraction of sp³-hybridized carbons (Fsp3) is 0.375. The summed E-state index contributed by atoms with van der Waals surface area (Å²) in [6.45, 7) is 5.57. The summed E-state index contributed by atoms with van der Waals surface area (Å²) in [6.07, 6.45) is 3.84. The molecule has 1 aromatic heterocycles. The fourth-order valence-corrected chi connectivity index (χ4v) is 2.18. The second-order valence-electron chi connectivity index (χ2n) is 4.94. The van der Waals surface area contributed by atoms with Gasteiger partial charge in [0.15, 0.2) is 5.69 Å². The maximum atomic E-state index is 12.4. The van der Waals surface area contributed by atoms with Gasteiger partial charge in [-0.05, 0) is 31.5 Å². The molecular formula is C16H22N4O. The molecule has 5 heteroatoms. The van der Waals surface area contributed by atoms with Crippen molar-refractivity contribution in [3.63, 3.8) is 0 Å². The SMILES string of the molecule is CCCCN(CC)C(=O)c1ccn(-c2ccccc2N)n1. The predicted octanol–water partition coefficient (Wildman–Crippen LogP) is 2.72. The molecular weight excluding hydrogens is 264 g/mol. The summed E-state index contributed by atoms with van der Waals surface area (Å²) < 4.78 is 1.65. The molecule has 1 aromatic carbocycles. The van der Waals surface area contributed by atoms with Crippen molar-refractivity contribution in [3.05, 3.63) is 42.2 Å². The molecule has 21 heavy (non-hydrogen) atoms. The number of carbonyl (C=O) groups excluding carboxylic acids is 1. The number of benzene rings is 1. The molecule has 2 N–H and O–H groups in total. The van der Waals surface area contributed by atoms with Gasteiger partial charge in [-0.15, -0.1) is 0 Å². The molecule has 2 aromatic rings. The molecule has 112 valence electrons. The summed E-state index contributed by atoms with van der Waals surface area (Å²) in [5.41, 5.74) is 7.81. The average Bonchev–Trinajstić information content (AvgIpc) is 2.98. The highest BCUT2D eigenvalue weighted by Gasteiger charge is 2.17. The highest BCUT2D eigenvalue weighted by molar-refractivity contribution is 5.92. The minimum Gasteiger partial charge on any atom is -0.397 e. The quantitative estimate of drug-likeness (QED) is 0.830. The molecule has 0 aliphatic rings. The third-order valence-electron chi connectivity index (χ3n) is 3.44. The monoisotopic (exact) mass is 286 g/mol. The number of anilines is 1. The first kappa shape index (κ1) is 15.1. The second kappa shape index (κ2) is 6.92. The van der Waals surface area contributed by atoms with Gasteiger partial charge in [0.25, 0.3) is 5.91 Å². The van der Waals surface area contributed by atoms with Crippen LogP contribution < -0.4 is 5.73 Å². The van der Waals surface area contributed by atoms with E-state index in [1.54, 1.807) is 16.9 Å². The van der Waals surface area contributed by atoms with E-state index in [2.05, 4.69) is 12.0 Å². The third-order valence-corrected chi connectivity index (χ3v) is 3.44. The smallest absolute Gasteiger partial charge is 0.274 e. The molecule has 0 aliphatic heterocycles. The van der Waals surface area contributed by atoms with Crippen LogP contribution in [0.4, 0.5) is 5.69 Å². The van der Waals surface area contributed by atoms with Gasteiger partial charge in [-0.25, -0.2) is 4.68 Å². The molecule has 0 aliphatic carbocycles. The zero-order valence-electron chi connectivity index (χ0n) is 12.6. The van der Waals surface area contributed by atoms with Crippen molar-refractivity contribution in [1.29, 1.82) is 0 Å². The van der Waals surface area contributed by atoms with Gasteiger partial charge in [-0.2, -0.15) is 5.10 Å². The Bertz CT molecular complexity index is 606. The predicted molar refractivity (Wildman–Crippen MR) is 84.5 cm³/mol. The number of amides is 1. The Hall–Kier alpha value is -2.30. The summed E-state index contributed by atoms with van der Waals surface area (Å²) in [5, 5.41) is 4.36. The molecule has 1 amide bonds. The Morgan fingerprint density at radius 2 is 2.05 bits per heavy atom. The third kappa shape index (κ3) is 3.42. The molecule has 0 spiro atoms. The Labute approximate surface area is 125 Å². The maximum absolute atomic E-state index is 12.4. The zero-order valence-corrected chi connectivity index (χ0v) is 12.6. The highest BCUT2D eigenvalue weighted by Crippen LogP contribution is 2.16. The average molecular weight is 286 g/mol. The molecule has 0 unspecified atom stereocenters.